The number of carbonyl (C=O) groups excluding carboxylic acids is 1. The monoisotopic (exact) mass is 291 g/mol. The molecule has 1 fully saturated rings. The summed E-state index contributed by atoms with van der Waals surface area (Å²) in [4.78, 5) is 14.4. The Bertz CT molecular complexity index is 240. The summed E-state index contributed by atoms with van der Waals surface area (Å²) in [6.45, 7) is 5.01. The molecule has 0 aliphatic carbocycles. The van der Waals surface area contributed by atoms with E-state index in [2.05, 4.69) is 13.8 Å². The summed E-state index contributed by atoms with van der Waals surface area (Å²) in [5, 5.41) is 0. The fourth-order valence-corrected chi connectivity index (χ4v) is 4.03. The maximum Gasteiger partial charge on any atom is 0.223 e. The van der Waals surface area contributed by atoms with Gasteiger partial charge in [0.25, 0.3) is 0 Å². The average Bonchev–Trinajstić information content (AvgIpc) is 2.40. The van der Waals surface area contributed by atoms with Gasteiger partial charge in [-0.1, -0.05) is 13.8 Å². The smallest absolute Gasteiger partial charge is 0.223 e. The second-order valence-corrected chi connectivity index (χ2v) is 6.61. The van der Waals surface area contributed by atoms with Crippen molar-refractivity contribution in [1.82, 2.24) is 4.90 Å². The standard InChI is InChI=1S/C14H26ClNOS/c1-3-13(4-2)16(8-7-15)14(17)11-12-5-9-18-10-6-12/h12-13H,3-11H2,1-2H3. The first-order valence-electron chi connectivity index (χ1n) is 7.16. The van der Waals surface area contributed by atoms with Crippen LogP contribution >= 0.6 is 23.4 Å². The van der Waals surface area contributed by atoms with E-state index in [-0.39, 0.29) is 0 Å². The Morgan fingerprint density at radius 2 is 1.94 bits per heavy atom. The first-order valence-corrected chi connectivity index (χ1v) is 8.85. The third-order valence-electron chi connectivity index (χ3n) is 3.83. The van der Waals surface area contributed by atoms with Gasteiger partial charge in [-0.2, -0.15) is 11.8 Å². The molecular weight excluding hydrogens is 266 g/mol. The van der Waals surface area contributed by atoms with Gasteiger partial charge in [0.1, 0.15) is 0 Å². The van der Waals surface area contributed by atoms with E-state index in [9.17, 15) is 4.79 Å². The van der Waals surface area contributed by atoms with Gasteiger partial charge in [-0.25, -0.2) is 0 Å². The van der Waals surface area contributed by atoms with Gasteiger partial charge in [-0.3, -0.25) is 4.79 Å². The van der Waals surface area contributed by atoms with Crippen molar-refractivity contribution in [1.29, 1.82) is 0 Å². The lowest BCUT2D eigenvalue weighted by atomic mass is 9.97. The maximum atomic E-state index is 12.4. The predicted molar refractivity (Wildman–Crippen MR) is 81.5 cm³/mol. The van der Waals surface area contributed by atoms with Crippen molar-refractivity contribution in [3.05, 3.63) is 0 Å². The number of nitrogens with zero attached hydrogens (tertiary/aromatic N) is 1. The average molecular weight is 292 g/mol. The Hall–Kier alpha value is 0.110. The van der Waals surface area contributed by atoms with Crippen LogP contribution in [0.25, 0.3) is 0 Å². The van der Waals surface area contributed by atoms with Gasteiger partial charge in [0.15, 0.2) is 0 Å². The molecule has 0 spiro atoms. The minimum atomic E-state index is 0.321. The molecule has 1 rings (SSSR count). The maximum absolute atomic E-state index is 12.4. The number of carbonyl (C=O) groups is 1. The van der Waals surface area contributed by atoms with Crippen LogP contribution in [0.2, 0.25) is 0 Å². The quantitative estimate of drug-likeness (QED) is 0.666. The van der Waals surface area contributed by atoms with Crippen LogP contribution in [0, 0.1) is 5.92 Å². The number of amides is 1. The number of hydrogen-bond acceptors (Lipinski definition) is 2. The lowest BCUT2D eigenvalue weighted by molar-refractivity contribution is -0.134. The molecule has 0 aromatic heterocycles. The first-order chi connectivity index (χ1) is 8.72. The summed E-state index contributed by atoms with van der Waals surface area (Å²) >= 11 is 7.86. The molecule has 1 heterocycles. The van der Waals surface area contributed by atoms with Crippen LogP contribution in [-0.2, 0) is 4.79 Å². The molecule has 0 aromatic carbocycles. The molecule has 0 N–H and O–H groups in total. The van der Waals surface area contributed by atoms with Gasteiger partial charge >= 0.3 is 0 Å². The molecule has 0 aromatic rings. The highest BCUT2D eigenvalue weighted by Crippen LogP contribution is 2.26. The summed E-state index contributed by atoms with van der Waals surface area (Å²) in [5.41, 5.74) is 0. The van der Waals surface area contributed by atoms with Gasteiger partial charge in [-0.05, 0) is 43.1 Å². The van der Waals surface area contributed by atoms with Crippen LogP contribution in [0.3, 0.4) is 0 Å². The Balaban J connectivity index is 2.52. The Kier molecular flexibility index (Phi) is 8.16. The first kappa shape index (κ1) is 16.2. The van der Waals surface area contributed by atoms with Crippen LogP contribution in [0.1, 0.15) is 46.0 Å². The molecule has 0 unspecified atom stereocenters. The van der Waals surface area contributed by atoms with E-state index in [0.717, 1.165) is 19.3 Å². The minimum absolute atomic E-state index is 0.321. The molecule has 18 heavy (non-hydrogen) atoms. The van der Waals surface area contributed by atoms with Crippen LogP contribution in [-0.4, -0.2) is 40.8 Å². The molecule has 1 aliphatic heterocycles. The second-order valence-electron chi connectivity index (χ2n) is 5.01. The SMILES string of the molecule is CCC(CC)N(CCCl)C(=O)CC1CCSCC1. The highest BCUT2D eigenvalue weighted by atomic mass is 35.5. The van der Waals surface area contributed by atoms with Gasteiger partial charge in [-0.15, -0.1) is 11.6 Å². The van der Waals surface area contributed by atoms with E-state index in [1.165, 1.54) is 24.3 Å². The van der Waals surface area contributed by atoms with E-state index < -0.39 is 0 Å². The highest BCUT2D eigenvalue weighted by molar-refractivity contribution is 7.99. The summed E-state index contributed by atoms with van der Waals surface area (Å²) < 4.78 is 0. The molecule has 1 saturated heterocycles. The van der Waals surface area contributed by atoms with Crippen LogP contribution in [0.5, 0.6) is 0 Å². The summed E-state index contributed by atoms with van der Waals surface area (Å²) in [5.74, 6) is 3.91. The van der Waals surface area contributed by atoms with Crippen LogP contribution in [0.4, 0.5) is 0 Å². The van der Waals surface area contributed by atoms with Crippen molar-refractivity contribution in [2.75, 3.05) is 23.9 Å². The Labute approximate surface area is 121 Å². The highest BCUT2D eigenvalue weighted by Gasteiger charge is 2.24. The van der Waals surface area contributed by atoms with Crippen LogP contribution in [0.15, 0.2) is 0 Å². The predicted octanol–water partition coefficient (Wildman–Crippen LogP) is 3.78. The van der Waals surface area contributed by atoms with Gasteiger partial charge in [0.2, 0.25) is 5.91 Å². The third kappa shape index (κ3) is 5.00. The van der Waals surface area contributed by atoms with Crippen molar-refractivity contribution in [2.45, 2.75) is 52.0 Å². The van der Waals surface area contributed by atoms with Crippen molar-refractivity contribution in [2.24, 2.45) is 5.92 Å². The fourth-order valence-electron chi connectivity index (χ4n) is 2.65. The molecule has 1 amide bonds. The number of thioether (sulfide) groups is 1. The Morgan fingerprint density at radius 3 is 2.44 bits per heavy atom. The molecule has 0 atom stereocenters. The molecular formula is C14H26ClNOS. The van der Waals surface area contributed by atoms with E-state index in [4.69, 9.17) is 11.6 Å². The molecule has 0 radical (unpaired) electrons. The molecule has 4 heteroatoms. The zero-order chi connectivity index (χ0) is 13.4. The molecule has 2 nitrogen and oxygen atoms in total. The van der Waals surface area contributed by atoms with Crippen molar-refractivity contribution in [3.8, 4) is 0 Å². The lowest BCUT2D eigenvalue weighted by Gasteiger charge is -2.32. The fraction of sp³-hybridized carbons (Fsp3) is 0.929. The third-order valence-corrected chi connectivity index (χ3v) is 5.05. The van der Waals surface area contributed by atoms with E-state index >= 15 is 0 Å². The van der Waals surface area contributed by atoms with Crippen molar-refractivity contribution >= 4 is 29.3 Å². The Morgan fingerprint density at radius 1 is 1.33 bits per heavy atom. The van der Waals surface area contributed by atoms with E-state index in [0.29, 0.717) is 30.3 Å². The molecule has 106 valence electrons. The van der Waals surface area contributed by atoms with Crippen molar-refractivity contribution in [3.63, 3.8) is 0 Å². The summed E-state index contributed by atoms with van der Waals surface area (Å²) in [7, 11) is 0. The minimum Gasteiger partial charge on any atom is -0.339 e. The van der Waals surface area contributed by atoms with Gasteiger partial charge in [0, 0.05) is 24.9 Å². The normalized spacial score (nSPS) is 17.1. The molecule has 0 saturated carbocycles. The summed E-state index contributed by atoms with van der Waals surface area (Å²) in [6.07, 6.45) is 5.19. The lowest BCUT2D eigenvalue weighted by Crippen LogP contribution is -2.42. The zero-order valence-electron chi connectivity index (χ0n) is 11.7. The topological polar surface area (TPSA) is 20.3 Å². The van der Waals surface area contributed by atoms with E-state index in [1.807, 2.05) is 16.7 Å². The largest absolute Gasteiger partial charge is 0.339 e. The number of hydrogen-bond donors (Lipinski definition) is 0. The number of rotatable bonds is 7. The van der Waals surface area contributed by atoms with Crippen LogP contribution < -0.4 is 0 Å². The molecule has 0 bridgehead atoms. The number of halogens is 1. The second kappa shape index (κ2) is 9.08. The molecule has 1 aliphatic rings. The van der Waals surface area contributed by atoms with Gasteiger partial charge < -0.3 is 4.90 Å². The summed E-state index contributed by atoms with van der Waals surface area (Å²) in [6, 6.07) is 0.370. The van der Waals surface area contributed by atoms with Crippen molar-refractivity contribution < 1.29 is 4.79 Å². The zero-order valence-corrected chi connectivity index (χ0v) is 13.2. The van der Waals surface area contributed by atoms with Gasteiger partial charge in [0.05, 0.1) is 0 Å². The number of alkyl halides is 1. The van der Waals surface area contributed by atoms with E-state index in [1.54, 1.807) is 0 Å².